The third kappa shape index (κ3) is 3.05. The van der Waals surface area contributed by atoms with Gasteiger partial charge in [0.25, 0.3) is 0 Å². The summed E-state index contributed by atoms with van der Waals surface area (Å²) >= 11 is 3.49. The van der Waals surface area contributed by atoms with Crippen LogP contribution in [-0.4, -0.2) is 31.4 Å². The molecule has 1 unspecified atom stereocenters. The number of sulfonamides is 1. The Kier molecular flexibility index (Phi) is 4.61. The van der Waals surface area contributed by atoms with Crippen LogP contribution >= 0.6 is 15.9 Å². The molecular formula is C17H17BrN2O4S. The first-order valence-electron chi connectivity index (χ1n) is 7.55. The molecule has 2 aromatic carbocycles. The van der Waals surface area contributed by atoms with Crippen molar-refractivity contribution < 1.29 is 12.8 Å². The molecule has 1 atom stereocenters. The third-order valence-electron chi connectivity index (χ3n) is 4.11. The SMILES string of the molecule is CC(c1ccccc1Br)n1c(=O)oc2cc(S(=O)(=O)N(C)C)ccc21. The van der Waals surface area contributed by atoms with Crippen molar-refractivity contribution in [2.24, 2.45) is 0 Å². The Bertz CT molecular complexity index is 1100. The molecular weight excluding hydrogens is 408 g/mol. The molecule has 0 saturated carbocycles. The summed E-state index contributed by atoms with van der Waals surface area (Å²) in [5.74, 6) is -0.530. The average Bonchev–Trinajstić information content (AvgIpc) is 2.89. The molecule has 1 heterocycles. The zero-order valence-corrected chi connectivity index (χ0v) is 16.3. The second kappa shape index (κ2) is 6.44. The van der Waals surface area contributed by atoms with Gasteiger partial charge in [-0.3, -0.25) is 4.57 Å². The summed E-state index contributed by atoms with van der Waals surface area (Å²) in [4.78, 5) is 12.5. The van der Waals surface area contributed by atoms with Crippen molar-refractivity contribution in [1.29, 1.82) is 0 Å². The van der Waals surface area contributed by atoms with Gasteiger partial charge in [0.05, 0.1) is 16.5 Å². The highest BCUT2D eigenvalue weighted by Crippen LogP contribution is 2.29. The first kappa shape index (κ1) is 17.9. The molecule has 3 aromatic rings. The van der Waals surface area contributed by atoms with Crippen LogP contribution < -0.4 is 5.76 Å². The molecule has 0 N–H and O–H groups in total. The Hall–Kier alpha value is -1.90. The Morgan fingerprint density at radius 2 is 1.84 bits per heavy atom. The number of hydrogen-bond acceptors (Lipinski definition) is 4. The van der Waals surface area contributed by atoms with E-state index in [1.807, 2.05) is 31.2 Å². The van der Waals surface area contributed by atoms with Gasteiger partial charge in [0.1, 0.15) is 0 Å². The van der Waals surface area contributed by atoms with E-state index < -0.39 is 15.8 Å². The number of benzene rings is 2. The summed E-state index contributed by atoms with van der Waals surface area (Å²) in [5.41, 5.74) is 1.72. The number of fused-ring (bicyclic) bond motifs is 1. The molecule has 0 fully saturated rings. The highest BCUT2D eigenvalue weighted by molar-refractivity contribution is 9.10. The van der Waals surface area contributed by atoms with Gasteiger partial charge in [-0.1, -0.05) is 34.1 Å². The number of oxazole rings is 1. The summed E-state index contributed by atoms with van der Waals surface area (Å²) in [6.45, 7) is 1.89. The number of hydrogen-bond donors (Lipinski definition) is 0. The van der Waals surface area contributed by atoms with Crippen molar-refractivity contribution in [1.82, 2.24) is 8.87 Å². The van der Waals surface area contributed by atoms with Gasteiger partial charge in [0.15, 0.2) is 5.58 Å². The molecule has 0 aliphatic heterocycles. The molecule has 0 radical (unpaired) electrons. The fourth-order valence-electron chi connectivity index (χ4n) is 2.71. The monoisotopic (exact) mass is 424 g/mol. The van der Waals surface area contributed by atoms with Crippen LogP contribution in [0, 0.1) is 0 Å². The maximum Gasteiger partial charge on any atom is 0.420 e. The van der Waals surface area contributed by atoms with Crippen molar-refractivity contribution in [3.05, 3.63) is 63.1 Å². The Morgan fingerprint density at radius 3 is 2.48 bits per heavy atom. The molecule has 0 spiro atoms. The first-order chi connectivity index (χ1) is 11.7. The zero-order valence-electron chi connectivity index (χ0n) is 13.9. The van der Waals surface area contributed by atoms with Crippen LogP contribution in [0.3, 0.4) is 0 Å². The van der Waals surface area contributed by atoms with Crippen molar-refractivity contribution in [2.45, 2.75) is 17.9 Å². The van der Waals surface area contributed by atoms with E-state index in [-0.39, 0.29) is 16.5 Å². The summed E-state index contributed by atoms with van der Waals surface area (Å²) in [6, 6.07) is 11.8. The molecule has 0 bridgehead atoms. The number of nitrogens with zero attached hydrogens (tertiary/aromatic N) is 2. The minimum absolute atomic E-state index is 0.0828. The van der Waals surface area contributed by atoms with E-state index in [1.54, 1.807) is 6.07 Å². The van der Waals surface area contributed by atoms with E-state index in [1.165, 1.54) is 30.8 Å². The topological polar surface area (TPSA) is 72.5 Å². The zero-order chi connectivity index (χ0) is 18.4. The fraction of sp³-hybridized carbons (Fsp3) is 0.235. The van der Waals surface area contributed by atoms with Gasteiger partial charge in [-0.15, -0.1) is 0 Å². The van der Waals surface area contributed by atoms with Gasteiger partial charge >= 0.3 is 5.76 Å². The lowest BCUT2D eigenvalue weighted by atomic mass is 10.1. The summed E-state index contributed by atoms with van der Waals surface area (Å²) in [7, 11) is -0.688. The van der Waals surface area contributed by atoms with Gasteiger partial charge in [-0.05, 0) is 30.7 Å². The number of halogens is 1. The van der Waals surface area contributed by atoms with Gasteiger partial charge in [-0.2, -0.15) is 0 Å². The Labute approximate surface area is 153 Å². The molecule has 0 aliphatic rings. The van der Waals surface area contributed by atoms with Crippen LogP contribution in [0.5, 0.6) is 0 Å². The van der Waals surface area contributed by atoms with Gasteiger partial charge in [0, 0.05) is 24.6 Å². The van der Waals surface area contributed by atoms with Crippen LogP contribution in [0.4, 0.5) is 0 Å². The van der Waals surface area contributed by atoms with Crippen LogP contribution in [-0.2, 0) is 10.0 Å². The summed E-state index contributed by atoms with van der Waals surface area (Å²) in [5, 5.41) is 0. The van der Waals surface area contributed by atoms with Gasteiger partial charge < -0.3 is 4.42 Å². The predicted molar refractivity (Wildman–Crippen MR) is 99.3 cm³/mol. The van der Waals surface area contributed by atoms with Crippen molar-refractivity contribution in [2.75, 3.05) is 14.1 Å². The van der Waals surface area contributed by atoms with Gasteiger partial charge in [-0.25, -0.2) is 17.5 Å². The van der Waals surface area contributed by atoms with E-state index in [2.05, 4.69) is 15.9 Å². The lowest BCUT2D eigenvalue weighted by Crippen LogP contribution is -2.22. The lowest BCUT2D eigenvalue weighted by Gasteiger charge is -2.15. The Balaban J connectivity index is 2.17. The largest absolute Gasteiger partial charge is 0.420 e. The Morgan fingerprint density at radius 1 is 1.16 bits per heavy atom. The molecule has 0 amide bonds. The number of rotatable bonds is 4. The van der Waals surface area contributed by atoms with E-state index >= 15 is 0 Å². The fourth-order valence-corrected chi connectivity index (χ4v) is 4.24. The van der Waals surface area contributed by atoms with Crippen LogP contribution in [0.1, 0.15) is 18.5 Å². The molecule has 0 saturated heterocycles. The van der Waals surface area contributed by atoms with E-state index in [0.29, 0.717) is 5.52 Å². The highest BCUT2D eigenvalue weighted by atomic mass is 79.9. The maximum absolute atomic E-state index is 12.4. The van der Waals surface area contributed by atoms with Gasteiger partial charge in [0.2, 0.25) is 10.0 Å². The smallest absolute Gasteiger partial charge is 0.408 e. The first-order valence-corrected chi connectivity index (χ1v) is 9.79. The summed E-state index contributed by atoms with van der Waals surface area (Å²) in [6.07, 6.45) is 0. The molecule has 132 valence electrons. The van der Waals surface area contributed by atoms with Crippen molar-refractivity contribution >= 4 is 37.1 Å². The third-order valence-corrected chi connectivity index (χ3v) is 6.64. The second-order valence-electron chi connectivity index (χ2n) is 5.85. The van der Waals surface area contributed by atoms with Crippen LogP contribution in [0.25, 0.3) is 11.1 Å². The number of aromatic nitrogens is 1. The van der Waals surface area contributed by atoms with E-state index in [9.17, 15) is 13.2 Å². The minimum atomic E-state index is -3.60. The van der Waals surface area contributed by atoms with Crippen molar-refractivity contribution in [3.63, 3.8) is 0 Å². The minimum Gasteiger partial charge on any atom is -0.408 e. The quantitative estimate of drug-likeness (QED) is 0.644. The molecule has 3 rings (SSSR count). The van der Waals surface area contributed by atoms with Crippen LogP contribution in [0.2, 0.25) is 0 Å². The molecule has 8 heteroatoms. The average molecular weight is 425 g/mol. The normalized spacial score (nSPS) is 13.5. The molecule has 0 aliphatic carbocycles. The maximum atomic E-state index is 12.4. The molecule has 6 nitrogen and oxygen atoms in total. The highest BCUT2D eigenvalue weighted by Gasteiger charge is 2.22. The van der Waals surface area contributed by atoms with Crippen molar-refractivity contribution in [3.8, 4) is 0 Å². The molecule has 1 aromatic heterocycles. The molecule has 25 heavy (non-hydrogen) atoms. The van der Waals surface area contributed by atoms with E-state index in [4.69, 9.17) is 4.42 Å². The lowest BCUT2D eigenvalue weighted by molar-refractivity contribution is 0.488. The van der Waals surface area contributed by atoms with Crippen LogP contribution in [0.15, 0.2) is 61.0 Å². The summed E-state index contributed by atoms with van der Waals surface area (Å²) < 4.78 is 33.3. The van der Waals surface area contributed by atoms with E-state index in [0.717, 1.165) is 14.3 Å². The second-order valence-corrected chi connectivity index (χ2v) is 8.86. The standard InChI is InChI=1S/C17H17BrN2O4S/c1-11(13-6-4-5-7-14(13)18)20-15-9-8-12(25(22,23)19(2)3)10-16(15)24-17(20)21/h4-11H,1-3H3. The predicted octanol–water partition coefficient (Wildman–Crippen LogP) is 3.22.